The maximum Gasteiger partial charge on any atom is 0.163 e. The van der Waals surface area contributed by atoms with E-state index in [4.69, 9.17) is 14.6 Å². The fourth-order valence-electron chi connectivity index (χ4n) is 2.05. The van der Waals surface area contributed by atoms with E-state index < -0.39 is 5.79 Å². The van der Waals surface area contributed by atoms with Gasteiger partial charge < -0.3 is 14.6 Å². The number of ether oxygens (including phenoxy) is 2. The average Bonchev–Trinajstić information content (AvgIpc) is 2.81. The molecule has 0 spiro atoms. The molecule has 3 heteroatoms. The molecule has 0 bridgehead atoms. The van der Waals surface area contributed by atoms with Crippen molar-refractivity contribution in [2.45, 2.75) is 32.2 Å². The molecule has 0 radical (unpaired) electrons. The van der Waals surface area contributed by atoms with Gasteiger partial charge in [-0.3, -0.25) is 0 Å². The topological polar surface area (TPSA) is 38.7 Å². The van der Waals surface area contributed by atoms with Crippen molar-refractivity contribution in [2.24, 2.45) is 11.8 Å². The van der Waals surface area contributed by atoms with Crippen LogP contribution in [0, 0.1) is 11.8 Å². The SMILES string of the molecule is CC1(C)OC[C@H]([C@@H]2C[C@H]2/C=C/CO)O1. The zero-order valence-corrected chi connectivity index (χ0v) is 8.77. The highest BCUT2D eigenvalue weighted by molar-refractivity contribution is 5.05. The predicted octanol–water partition coefficient (Wildman–Crippen LogP) is 1.32. The number of hydrogen-bond acceptors (Lipinski definition) is 3. The van der Waals surface area contributed by atoms with E-state index in [0.717, 1.165) is 0 Å². The molecule has 1 saturated heterocycles. The van der Waals surface area contributed by atoms with Gasteiger partial charge in [-0.15, -0.1) is 0 Å². The van der Waals surface area contributed by atoms with Crippen LogP contribution in [0.5, 0.6) is 0 Å². The van der Waals surface area contributed by atoms with Crippen LogP contribution in [0.25, 0.3) is 0 Å². The average molecular weight is 198 g/mol. The van der Waals surface area contributed by atoms with Crippen LogP contribution in [0.1, 0.15) is 20.3 Å². The van der Waals surface area contributed by atoms with Crippen molar-refractivity contribution >= 4 is 0 Å². The van der Waals surface area contributed by atoms with Gasteiger partial charge in [0.15, 0.2) is 5.79 Å². The lowest BCUT2D eigenvalue weighted by Crippen LogP contribution is -2.22. The number of rotatable bonds is 3. The van der Waals surface area contributed by atoms with Crippen LogP contribution >= 0.6 is 0 Å². The Morgan fingerprint density at radius 2 is 2.29 bits per heavy atom. The molecule has 0 aromatic heterocycles. The summed E-state index contributed by atoms with van der Waals surface area (Å²) in [6.45, 7) is 4.75. The summed E-state index contributed by atoms with van der Waals surface area (Å²) in [5.74, 6) is 0.780. The zero-order valence-electron chi connectivity index (χ0n) is 8.77. The third-order valence-electron chi connectivity index (χ3n) is 2.89. The van der Waals surface area contributed by atoms with Crippen molar-refractivity contribution < 1.29 is 14.6 Å². The molecule has 0 aromatic rings. The first-order valence-electron chi connectivity index (χ1n) is 5.22. The highest BCUT2D eigenvalue weighted by Crippen LogP contribution is 2.46. The summed E-state index contributed by atoms with van der Waals surface area (Å²) in [5.41, 5.74) is 0. The molecule has 14 heavy (non-hydrogen) atoms. The van der Waals surface area contributed by atoms with E-state index in [1.807, 2.05) is 19.9 Å². The lowest BCUT2D eigenvalue weighted by molar-refractivity contribution is -0.140. The quantitative estimate of drug-likeness (QED) is 0.695. The van der Waals surface area contributed by atoms with Crippen molar-refractivity contribution in [1.29, 1.82) is 0 Å². The second kappa shape index (κ2) is 3.65. The van der Waals surface area contributed by atoms with E-state index in [9.17, 15) is 0 Å². The van der Waals surface area contributed by atoms with Gasteiger partial charge in [-0.25, -0.2) is 0 Å². The van der Waals surface area contributed by atoms with Crippen LogP contribution < -0.4 is 0 Å². The van der Waals surface area contributed by atoms with Gasteiger partial charge in [-0.05, 0) is 32.1 Å². The maximum absolute atomic E-state index is 8.63. The summed E-state index contributed by atoms with van der Waals surface area (Å²) in [6, 6.07) is 0. The van der Waals surface area contributed by atoms with Crippen LogP contribution in [-0.4, -0.2) is 30.2 Å². The predicted molar refractivity (Wildman–Crippen MR) is 52.7 cm³/mol. The molecule has 3 nitrogen and oxygen atoms in total. The standard InChI is InChI=1S/C11H18O3/c1-11(2)13-7-10(14-11)9-6-8(9)4-3-5-12/h3-4,8-10,12H,5-7H2,1-2H3/b4-3+/t8-,9-,10-/m1/s1. The minimum Gasteiger partial charge on any atom is -0.392 e. The third kappa shape index (κ3) is 2.16. The minimum absolute atomic E-state index is 0.136. The van der Waals surface area contributed by atoms with Crippen molar-refractivity contribution in [3.05, 3.63) is 12.2 Å². The fraction of sp³-hybridized carbons (Fsp3) is 0.818. The van der Waals surface area contributed by atoms with Crippen molar-refractivity contribution in [3.63, 3.8) is 0 Å². The lowest BCUT2D eigenvalue weighted by Gasteiger charge is -2.16. The molecule has 3 atom stereocenters. The van der Waals surface area contributed by atoms with Gasteiger partial charge in [0.1, 0.15) is 0 Å². The molecule has 1 saturated carbocycles. The van der Waals surface area contributed by atoms with Crippen molar-refractivity contribution in [2.75, 3.05) is 13.2 Å². The Bertz CT molecular complexity index is 235. The summed E-state index contributed by atoms with van der Waals surface area (Å²) in [6.07, 6.45) is 5.31. The number of aliphatic hydroxyl groups excluding tert-OH is 1. The van der Waals surface area contributed by atoms with Crippen LogP contribution in [-0.2, 0) is 9.47 Å². The molecule has 2 fully saturated rings. The van der Waals surface area contributed by atoms with Gasteiger partial charge in [0, 0.05) is 0 Å². The largest absolute Gasteiger partial charge is 0.392 e. The Morgan fingerprint density at radius 3 is 2.86 bits per heavy atom. The molecular weight excluding hydrogens is 180 g/mol. The van der Waals surface area contributed by atoms with Crippen LogP contribution in [0.3, 0.4) is 0 Å². The van der Waals surface area contributed by atoms with E-state index in [1.54, 1.807) is 0 Å². The van der Waals surface area contributed by atoms with Gasteiger partial charge in [-0.1, -0.05) is 12.2 Å². The molecule has 0 aromatic carbocycles. The van der Waals surface area contributed by atoms with Gasteiger partial charge in [0.2, 0.25) is 0 Å². The van der Waals surface area contributed by atoms with Crippen LogP contribution in [0.2, 0.25) is 0 Å². The number of allylic oxidation sites excluding steroid dienone is 1. The molecule has 0 amide bonds. The van der Waals surface area contributed by atoms with E-state index in [1.165, 1.54) is 6.42 Å². The van der Waals surface area contributed by atoms with E-state index in [-0.39, 0.29) is 12.7 Å². The molecule has 0 unspecified atom stereocenters. The van der Waals surface area contributed by atoms with Crippen molar-refractivity contribution in [3.8, 4) is 0 Å². The number of hydrogen-bond donors (Lipinski definition) is 1. The monoisotopic (exact) mass is 198 g/mol. The highest BCUT2D eigenvalue weighted by atomic mass is 16.7. The molecule has 80 valence electrons. The molecule has 1 N–H and O–H groups in total. The Balaban J connectivity index is 1.80. The van der Waals surface area contributed by atoms with Crippen molar-refractivity contribution in [1.82, 2.24) is 0 Å². The second-order valence-corrected chi connectivity index (χ2v) is 4.54. The van der Waals surface area contributed by atoms with Gasteiger partial charge >= 0.3 is 0 Å². The molecule has 2 rings (SSSR count). The summed E-state index contributed by atoms with van der Waals surface area (Å²) in [7, 11) is 0. The Labute approximate surface area is 84.7 Å². The van der Waals surface area contributed by atoms with E-state index in [2.05, 4.69) is 6.08 Å². The fourth-order valence-corrected chi connectivity index (χ4v) is 2.05. The third-order valence-corrected chi connectivity index (χ3v) is 2.89. The Hall–Kier alpha value is -0.380. The van der Waals surface area contributed by atoms with Crippen LogP contribution in [0.15, 0.2) is 12.2 Å². The normalized spacial score (nSPS) is 40.6. The minimum atomic E-state index is -0.404. The summed E-state index contributed by atoms with van der Waals surface area (Å²) >= 11 is 0. The highest BCUT2D eigenvalue weighted by Gasteiger charge is 2.47. The lowest BCUT2D eigenvalue weighted by atomic mass is 10.2. The summed E-state index contributed by atoms with van der Waals surface area (Å²) < 4.78 is 11.3. The number of aliphatic hydroxyl groups is 1. The smallest absolute Gasteiger partial charge is 0.163 e. The molecule has 1 aliphatic heterocycles. The summed E-state index contributed by atoms with van der Waals surface area (Å²) in [4.78, 5) is 0. The van der Waals surface area contributed by atoms with Gasteiger partial charge in [0.25, 0.3) is 0 Å². The van der Waals surface area contributed by atoms with E-state index >= 15 is 0 Å². The molecule has 2 aliphatic rings. The van der Waals surface area contributed by atoms with Crippen LogP contribution in [0.4, 0.5) is 0 Å². The summed E-state index contributed by atoms with van der Waals surface area (Å²) in [5, 5.41) is 8.63. The van der Waals surface area contributed by atoms with E-state index in [0.29, 0.717) is 18.4 Å². The first kappa shape index (κ1) is 10.1. The Morgan fingerprint density at radius 1 is 1.50 bits per heavy atom. The second-order valence-electron chi connectivity index (χ2n) is 4.54. The molecular formula is C11H18O3. The Kier molecular flexibility index (Phi) is 2.64. The first-order chi connectivity index (χ1) is 6.62. The zero-order chi connectivity index (χ0) is 10.2. The van der Waals surface area contributed by atoms with Gasteiger partial charge in [-0.2, -0.15) is 0 Å². The maximum atomic E-state index is 8.63. The molecule has 1 heterocycles. The molecule has 1 aliphatic carbocycles. The van der Waals surface area contributed by atoms with Gasteiger partial charge in [0.05, 0.1) is 19.3 Å². The first-order valence-corrected chi connectivity index (χ1v) is 5.22.